The maximum atomic E-state index is 8.86. The molecule has 0 radical (unpaired) electrons. The van der Waals surface area contributed by atoms with Gasteiger partial charge in [0.15, 0.2) is 0 Å². The van der Waals surface area contributed by atoms with Gasteiger partial charge in [-0.3, -0.25) is 9.80 Å². The Balaban J connectivity index is 1.54. The number of nitrogens with zero attached hydrogens (tertiary/aromatic N) is 3. The number of rotatable bonds is 5. The van der Waals surface area contributed by atoms with Crippen LogP contribution in [-0.4, -0.2) is 36.0 Å². The topological polar surface area (TPSA) is 43.4 Å². The molecule has 0 bridgehead atoms. The van der Waals surface area contributed by atoms with E-state index >= 15 is 0 Å². The van der Waals surface area contributed by atoms with E-state index in [0.717, 1.165) is 38.4 Å². The summed E-state index contributed by atoms with van der Waals surface area (Å²) in [5.74, 6) is 1.87. The standard InChI is InChI=1S/C20H25N3O/c1-16-13-23(14-17-6-4-3-5-7-17)11-10-20(16)22(2)15-19-9-8-18(12-21)24-19/h3-9,16,20H,10-11,13-15H2,1-2H3/t16-,20+/m0/s1. The molecule has 0 N–H and O–H groups in total. The van der Waals surface area contributed by atoms with Gasteiger partial charge in [0.05, 0.1) is 6.54 Å². The van der Waals surface area contributed by atoms with Gasteiger partial charge in [-0.1, -0.05) is 37.3 Å². The van der Waals surface area contributed by atoms with E-state index < -0.39 is 0 Å². The summed E-state index contributed by atoms with van der Waals surface area (Å²) in [6.07, 6.45) is 1.16. The second-order valence-electron chi connectivity index (χ2n) is 6.85. The molecular formula is C20H25N3O. The molecule has 1 aromatic heterocycles. The van der Waals surface area contributed by atoms with E-state index in [9.17, 15) is 0 Å². The molecule has 1 aliphatic heterocycles. The number of nitriles is 1. The van der Waals surface area contributed by atoms with Crippen LogP contribution in [0.15, 0.2) is 46.9 Å². The smallest absolute Gasteiger partial charge is 0.203 e. The Kier molecular flexibility index (Phi) is 5.34. The molecule has 126 valence electrons. The van der Waals surface area contributed by atoms with E-state index in [2.05, 4.69) is 54.1 Å². The molecule has 4 heteroatoms. The first-order valence-electron chi connectivity index (χ1n) is 8.61. The van der Waals surface area contributed by atoms with Gasteiger partial charge in [-0.2, -0.15) is 5.26 Å². The average Bonchev–Trinajstić information content (AvgIpc) is 3.03. The fourth-order valence-corrected chi connectivity index (χ4v) is 3.75. The molecule has 0 amide bonds. The largest absolute Gasteiger partial charge is 0.449 e. The Bertz CT molecular complexity index is 688. The van der Waals surface area contributed by atoms with Crippen LogP contribution in [0.1, 0.15) is 30.4 Å². The summed E-state index contributed by atoms with van der Waals surface area (Å²) in [6.45, 7) is 6.36. The van der Waals surface area contributed by atoms with Crippen LogP contribution in [0.4, 0.5) is 0 Å². The molecule has 0 unspecified atom stereocenters. The van der Waals surface area contributed by atoms with Crippen LogP contribution in [0.2, 0.25) is 0 Å². The summed E-state index contributed by atoms with van der Waals surface area (Å²) < 4.78 is 5.52. The second-order valence-corrected chi connectivity index (χ2v) is 6.85. The third kappa shape index (κ3) is 4.05. The Hall–Kier alpha value is -2.09. The predicted molar refractivity (Wildman–Crippen MR) is 94.2 cm³/mol. The fraction of sp³-hybridized carbons (Fsp3) is 0.450. The van der Waals surface area contributed by atoms with Gasteiger partial charge in [-0.15, -0.1) is 0 Å². The Morgan fingerprint density at radius 1 is 1.25 bits per heavy atom. The molecule has 1 fully saturated rings. The lowest BCUT2D eigenvalue weighted by atomic mass is 9.92. The van der Waals surface area contributed by atoms with Crippen molar-refractivity contribution in [2.24, 2.45) is 5.92 Å². The van der Waals surface area contributed by atoms with Crippen molar-refractivity contribution >= 4 is 0 Å². The SMILES string of the molecule is C[C@H]1CN(Cc2ccccc2)CC[C@H]1N(C)Cc1ccc(C#N)o1. The van der Waals surface area contributed by atoms with Crippen molar-refractivity contribution in [2.45, 2.75) is 32.5 Å². The van der Waals surface area contributed by atoms with Crippen LogP contribution in [0.5, 0.6) is 0 Å². The van der Waals surface area contributed by atoms with Crippen molar-refractivity contribution in [1.82, 2.24) is 9.80 Å². The fourth-order valence-electron chi connectivity index (χ4n) is 3.75. The summed E-state index contributed by atoms with van der Waals surface area (Å²) in [6, 6.07) is 16.9. The molecule has 0 spiro atoms. The van der Waals surface area contributed by atoms with Gasteiger partial charge in [0, 0.05) is 19.1 Å². The van der Waals surface area contributed by atoms with Crippen molar-refractivity contribution in [2.75, 3.05) is 20.1 Å². The van der Waals surface area contributed by atoms with E-state index in [-0.39, 0.29) is 0 Å². The van der Waals surface area contributed by atoms with Gasteiger partial charge in [0.1, 0.15) is 11.8 Å². The minimum atomic E-state index is 0.393. The molecule has 0 saturated carbocycles. The first-order chi connectivity index (χ1) is 11.7. The number of hydrogen-bond donors (Lipinski definition) is 0. The van der Waals surface area contributed by atoms with Crippen molar-refractivity contribution in [3.63, 3.8) is 0 Å². The Morgan fingerprint density at radius 2 is 2.04 bits per heavy atom. The monoisotopic (exact) mass is 323 g/mol. The molecule has 1 aliphatic rings. The first-order valence-corrected chi connectivity index (χ1v) is 8.61. The van der Waals surface area contributed by atoms with Crippen LogP contribution in [0.25, 0.3) is 0 Å². The Labute approximate surface area is 144 Å². The zero-order valence-corrected chi connectivity index (χ0v) is 14.5. The quantitative estimate of drug-likeness (QED) is 0.845. The predicted octanol–water partition coefficient (Wildman–Crippen LogP) is 3.49. The van der Waals surface area contributed by atoms with E-state index in [1.165, 1.54) is 5.56 Å². The molecule has 2 aromatic rings. The second kappa shape index (κ2) is 7.65. The average molecular weight is 323 g/mol. The summed E-state index contributed by atoms with van der Waals surface area (Å²) in [5.41, 5.74) is 1.39. The molecular weight excluding hydrogens is 298 g/mol. The van der Waals surface area contributed by atoms with Crippen molar-refractivity contribution < 1.29 is 4.42 Å². The van der Waals surface area contributed by atoms with Gasteiger partial charge in [-0.25, -0.2) is 0 Å². The molecule has 24 heavy (non-hydrogen) atoms. The number of likely N-dealkylation sites (tertiary alicyclic amines) is 1. The molecule has 3 rings (SSSR count). The minimum absolute atomic E-state index is 0.393. The highest BCUT2D eigenvalue weighted by atomic mass is 16.3. The van der Waals surface area contributed by atoms with Gasteiger partial charge in [0.2, 0.25) is 5.76 Å². The van der Waals surface area contributed by atoms with Crippen molar-refractivity contribution in [1.29, 1.82) is 5.26 Å². The molecule has 2 atom stereocenters. The molecule has 4 nitrogen and oxygen atoms in total. The van der Waals surface area contributed by atoms with Crippen molar-refractivity contribution in [3.05, 3.63) is 59.5 Å². The van der Waals surface area contributed by atoms with Crippen LogP contribution < -0.4 is 0 Å². The van der Waals surface area contributed by atoms with E-state index in [4.69, 9.17) is 9.68 Å². The summed E-state index contributed by atoms with van der Waals surface area (Å²) >= 11 is 0. The van der Waals surface area contributed by atoms with Crippen LogP contribution in [0.3, 0.4) is 0 Å². The third-order valence-corrected chi connectivity index (χ3v) is 4.94. The lowest BCUT2D eigenvalue weighted by Crippen LogP contribution is -2.48. The van der Waals surface area contributed by atoms with Crippen LogP contribution in [0, 0.1) is 17.2 Å². The summed E-state index contributed by atoms with van der Waals surface area (Å²) in [5, 5.41) is 8.86. The molecule has 1 saturated heterocycles. The Morgan fingerprint density at radius 3 is 2.71 bits per heavy atom. The first kappa shape index (κ1) is 16.8. The summed E-state index contributed by atoms with van der Waals surface area (Å²) in [4.78, 5) is 4.91. The molecule has 0 aliphatic carbocycles. The summed E-state index contributed by atoms with van der Waals surface area (Å²) in [7, 11) is 2.16. The van der Waals surface area contributed by atoms with Gasteiger partial charge in [-0.05, 0) is 43.6 Å². The zero-order valence-electron chi connectivity index (χ0n) is 14.5. The highest BCUT2D eigenvalue weighted by Crippen LogP contribution is 2.24. The minimum Gasteiger partial charge on any atom is -0.449 e. The van der Waals surface area contributed by atoms with E-state index in [0.29, 0.717) is 17.7 Å². The molecule has 2 heterocycles. The van der Waals surface area contributed by atoms with Crippen LogP contribution >= 0.6 is 0 Å². The lowest BCUT2D eigenvalue weighted by molar-refractivity contribution is 0.0682. The third-order valence-electron chi connectivity index (χ3n) is 4.94. The maximum absolute atomic E-state index is 8.86. The number of piperidine rings is 1. The van der Waals surface area contributed by atoms with Gasteiger partial charge >= 0.3 is 0 Å². The van der Waals surface area contributed by atoms with Crippen molar-refractivity contribution in [3.8, 4) is 6.07 Å². The molecule has 1 aromatic carbocycles. The highest BCUT2D eigenvalue weighted by molar-refractivity contribution is 5.19. The lowest BCUT2D eigenvalue weighted by Gasteiger charge is -2.41. The number of benzene rings is 1. The number of furan rings is 1. The zero-order chi connectivity index (χ0) is 16.9. The van der Waals surface area contributed by atoms with E-state index in [1.807, 2.05) is 12.1 Å². The van der Waals surface area contributed by atoms with Gasteiger partial charge < -0.3 is 4.42 Å². The van der Waals surface area contributed by atoms with Gasteiger partial charge in [0.25, 0.3) is 0 Å². The normalized spacial score (nSPS) is 21.8. The van der Waals surface area contributed by atoms with Crippen LogP contribution in [-0.2, 0) is 13.1 Å². The van der Waals surface area contributed by atoms with E-state index in [1.54, 1.807) is 6.07 Å². The number of hydrogen-bond acceptors (Lipinski definition) is 4. The highest BCUT2D eigenvalue weighted by Gasteiger charge is 2.29. The maximum Gasteiger partial charge on any atom is 0.203 e.